The van der Waals surface area contributed by atoms with E-state index in [0.717, 1.165) is 26.5 Å². The number of nitrogens with zero attached hydrogens (tertiary/aromatic N) is 1. The molecule has 1 heterocycles. The molecule has 4 aromatic rings. The fraction of sp³-hybridized carbons (Fsp3) is 0.0455. The van der Waals surface area contributed by atoms with Gasteiger partial charge in [0.1, 0.15) is 0 Å². The summed E-state index contributed by atoms with van der Waals surface area (Å²) in [6.45, 7) is 0. The fourth-order valence-corrected chi connectivity index (χ4v) is 5.33. The summed E-state index contributed by atoms with van der Waals surface area (Å²) in [5.74, 6) is 0. The van der Waals surface area contributed by atoms with Crippen LogP contribution in [0.4, 0.5) is 0 Å². The Bertz CT molecular complexity index is 1090. The molecule has 0 amide bonds. The van der Waals surface area contributed by atoms with Gasteiger partial charge in [0.05, 0.1) is 0 Å². The molecule has 0 saturated carbocycles. The van der Waals surface area contributed by atoms with Gasteiger partial charge in [-0.05, 0) is 0 Å². The number of fused-ring (bicyclic) bond motifs is 1. The van der Waals surface area contributed by atoms with Crippen LogP contribution in [0, 0.1) is 0 Å². The van der Waals surface area contributed by atoms with Gasteiger partial charge in [0, 0.05) is 0 Å². The quantitative estimate of drug-likeness (QED) is 0.493. The zero-order valence-electron chi connectivity index (χ0n) is 13.8. The molecule has 3 aromatic carbocycles. The van der Waals surface area contributed by atoms with Crippen molar-refractivity contribution >= 4 is 34.8 Å². The molecule has 0 spiro atoms. The van der Waals surface area contributed by atoms with Crippen LogP contribution in [0.15, 0.2) is 89.7 Å². The molecule has 0 saturated heterocycles. The van der Waals surface area contributed by atoms with E-state index < -0.39 is 0 Å². The number of hydrogen-bond acceptors (Lipinski definition) is 1. The van der Waals surface area contributed by atoms with Crippen molar-refractivity contribution in [2.75, 3.05) is 0 Å². The third-order valence-electron chi connectivity index (χ3n) is 4.29. The Morgan fingerprint density at radius 1 is 0.760 bits per heavy atom. The van der Waals surface area contributed by atoms with E-state index in [4.69, 9.17) is 0 Å². The summed E-state index contributed by atoms with van der Waals surface area (Å²) in [5, 5.41) is 1.13. The molecule has 0 aliphatic carbocycles. The Labute approximate surface area is 152 Å². The van der Waals surface area contributed by atoms with Crippen LogP contribution in [-0.2, 0) is 7.05 Å². The van der Waals surface area contributed by atoms with E-state index in [-0.39, 0.29) is 20.5 Å². The van der Waals surface area contributed by atoms with Crippen molar-refractivity contribution in [1.82, 2.24) is 4.57 Å². The van der Waals surface area contributed by atoms with Gasteiger partial charge >= 0.3 is 153 Å². The van der Waals surface area contributed by atoms with Crippen LogP contribution >= 0.6 is 0 Å². The molecule has 0 aliphatic heterocycles. The molecule has 4 rings (SSSR count). The van der Waals surface area contributed by atoms with Gasteiger partial charge in [-0.15, -0.1) is 0 Å². The molecule has 3 heteroatoms. The first-order chi connectivity index (χ1) is 12.3. The monoisotopic (exact) mass is 391 g/mol. The van der Waals surface area contributed by atoms with Gasteiger partial charge in [0.2, 0.25) is 0 Å². The average Bonchev–Trinajstić information content (AvgIpc) is 2.68. The second kappa shape index (κ2) is 6.72. The molecule has 25 heavy (non-hydrogen) atoms. The van der Waals surface area contributed by atoms with Crippen LogP contribution in [0.1, 0.15) is 0 Å². The van der Waals surface area contributed by atoms with Crippen molar-refractivity contribution < 1.29 is 0 Å². The number of pyridine rings is 1. The van der Waals surface area contributed by atoms with Crippen molar-refractivity contribution in [3.05, 3.63) is 95.3 Å². The van der Waals surface area contributed by atoms with Crippen molar-refractivity contribution in [3.63, 3.8) is 0 Å². The van der Waals surface area contributed by atoms with E-state index in [9.17, 15) is 4.79 Å². The maximum absolute atomic E-state index is 13.2. The topological polar surface area (TPSA) is 22.0 Å². The molecular formula is C22H17NOSe. The Morgan fingerprint density at radius 3 is 2.08 bits per heavy atom. The maximum atomic E-state index is 13.2. The predicted octanol–water partition coefficient (Wildman–Crippen LogP) is 2.86. The fourth-order valence-electron chi connectivity index (χ4n) is 3.06. The first-order valence-corrected chi connectivity index (χ1v) is 9.87. The van der Waals surface area contributed by atoms with E-state index in [1.54, 1.807) is 4.57 Å². The summed E-state index contributed by atoms with van der Waals surface area (Å²) in [7, 11) is 1.87. The van der Waals surface area contributed by atoms with E-state index in [0.29, 0.717) is 0 Å². The van der Waals surface area contributed by atoms with Crippen LogP contribution in [0.5, 0.6) is 0 Å². The number of aromatic nitrogens is 1. The molecule has 1 aromatic heterocycles. The average molecular weight is 390 g/mol. The third-order valence-corrected chi connectivity index (χ3v) is 6.57. The van der Waals surface area contributed by atoms with Crippen LogP contribution in [0.3, 0.4) is 0 Å². The van der Waals surface area contributed by atoms with Gasteiger partial charge in [-0.1, -0.05) is 0 Å². The number of rotatable bonds is 3. The van der Waals surface area contributed by atoms with E-state index >= 15 is 0 Å². The van der Waals surface area contributed by atoms with Crippen LogP contribution in [0.25, 0.3) is 22.0 Å². The van der Waals surface area contributed by atoms with Crippen LogP contribution in [0.2, 0.25) is 0 Å². The minimum atomic E-state index is -0.0503. The molecule has 0 fully saturated rings. The predicted molar refractivity (Wildman–Crippen MR) is 106 cm³/mol. The Kier molecular flexibility index (Phi) is 4.27. The second-order valence-electron chi connectivity index (χ2n) is 5.87. The number of hydrogen-bond donors (Lipinski definition) is 0. The van der Waals surface area contributed by atoms with Crippen LogP contribution in [-0.4, -0.2) is 19.5 Å². The molecule has 0 atom stereocenters. The third kappa shape index (κ3) is 2.93. The first kappa shape index (κ1) is 15.9. The molecule has 0 N–H and O–H groups in total. The van der Waals surface area contributed by atoms with E-state index in [1.807, 2.05) is 61.6 Å². The minimum absolute atomic E-state index is 0.0503. The van der Waals surface area contributed by atoms with Gasteiger partial charge < -0.3 is 0 Å². The summed E-state index contributed by atoms with van der Waals surface area (Å²) in [5.41, 5.74) is 3.24. The zero-order chi connectivity index (χ0) is 17.2. The van der Waals surface area contributed by atoms with Gasteiger partial charge in [-0.3, -0.25) is 0 Å². The SMILES string of the molecule is Cn1c(=O)c([Se]c2ccccc2)c(-c2ccccc2)c2ccccc21. The zero-order valence-corrected chi connectivity index (χ0v) is 15.6. The van der Waals surface area contributed by atoms with Gasteiger partial charge in [-0.2, -0.15) is 0 Å². The van der Waals surface area contributed by atoms with Crippen molar-refractivity contribution in [2.24, 2.45) is 7.05 Å². The number of aryl methyl sites for hydroxylation is 1. The summed E-state index contributed by atoms with van der Waals surface area (Å²) in [6.07, 6.45) is 0. The van der Waals surface area contributed by atoms with Crippen molar-refractivity contribution in [1.29, 1.82) is 0 Å². The molecule has 0 unspecified atom stereocenters. The molecule has 0 radical (unpaired) electrons. The van der Waals surface area contributed by atoms with E-state index in [2.05, 4.69) is 30.3 Å². The summed E-state index contributed by atoms with van der Waals surface area (Å²) >= 11 is -0.0503. The first-order valence-electron chi connectivity index (χ1n) is 8.16. The Morgan fingerprint density at radius 2 is 1.36 bits per heavy atom. The van der Waals surface area contributed by atoms with Gasteiger partial charge in [0.15, 0.2) is 0 Å². The van der Waals surface area contributed by atoms with Crippen molar-refractivity contribution in [3.8, 4) is 11.1 Å². The number of para-hydroxylation sites is 1. The molecule has 122 valence electrons. The molecule has 2 nitrogen and oxygen atoms in total. The van der Waals surface area contributed by atoms with E-state index in [1.165, 1.54) is 4.46 Å². The summed E-state index contributed by atoms with van der Waals surface area (Å²) < 4.78 is 3.90. The second-order valence-corrected chi connectivity index (χ2v) is 8.14. The summed E-state index contributed by atoms with van der Waals surface area (Å²) in [6, 6.07) is 28.7. The Hall–Kier alpha value is -2.61. The van der Waals surface area contributed by atoms with Crippen LogP contribution < -0.4 is 14.5 Å². The Balaban J connectivity index is 2.07. The normalized spacial score (nSPS) is 10.9. The number of benzene rings is 3. The van der Waals surface area contributed by atoms with Crippen molar-refractivity contribution in [2.45, 2.75) is 0 Å². The molecular weight excluding hydrogens is 373 g/mol. The summed E-state index contributed by atoms with van der Waals surface area (Å²) in [4.78, 5) is 13.2. The molecule has 0 aliphatic rings. The van der Waals surface area contributed by atoms with Gasteiger partial charge in [-0.25, -0.2) is 0 Å². The van der Waals surface area contributed by atoms with Gasteiger partial charge in [0.25, 0.3) is 0 Å². The molecule has 0 bridgehead atoms. The standard InChI is InChI=1S/C22H17NOSe/c1-23-19-15-9-8-14-18(19)20(16-10-4-2-5-11-16)21(22(23)24)25-17-12-6-3-7-13-17/h2-15H,1H3.